The Labute approximate surface area is 103 Å². The van der Waals surface area contributed by atoms with Crippen LogP contribution in [0.3, 0.4) is 0 Å². The van der Waals surface area contributed by atoms with Gasteiger partial charge in [0.25, 0.3) is 0 Å². The molecule has 0 unspecified atom stereocenters. The SMILES string of the molecule is CSc1cc(Sc2ccccc2N)ncn1. The van der Waals surface area contributed by atoms with Crippen LogP contribution in [-0.2, 0) is 0 Å². The minimum Gasteiger partial charge on any atom is -0.398 e. The average molecular weight is 249 g/mol. The van der Waals surface area contributed by atoms with Crippen molar-refractivity contribution in [3.8, 4) is 0 Å². The quantitative estimate of drug-likeness (QED) is 0.515. The van der Waals surface area contributed by atoms with Gasteiger partial charge in [0.2, 0.25) is 0 Å². The molecule has 2 rings (SSSR count). The van der Waals surface area contributed by atoms with Gasteiger partial charge in [-0.1, -0.05) is 23.9 Å². The summed E-state index contributed by atoms with van der Waals surface area (Å²) in [6.45, 7) is 0. The molecule has 1 aromatic heterocycles. The first-order valence-corrected chi connectivity index (χ1v) is 6.72. The van der Waals surface area contributed by atoms with Crippen LogP contribution in [0, 0.1) is 0 Å². The van der Waals surface area contributed by atoms with Crippen molar-refractivity contribution in [3.05, 3.63) is 36.7 Å². The Morgan fingerprint density at radius 1 is 1.12 bits per heavy atom. The molecule has 0 saturated carbocycles. The second kappa shape index (κ2) is 5.23. The molecule has 16 heavy (non-hydrogen) atoms. The van der Waals surface area contributed by atoms with Crippen molar-refractivity contribution in [1.29, 1.82) is 0 Å². The lowest BCUT2D eigenvalue weighted by molar-refractivity contribution is 0.965. The second-order valence-electron chi connectivity index (χ2n) is 3.04. The highest BCUT2D eigenvalue weighted by Gasteiger charge is 2.03. The fraction of sp³-hybridized carbons (Fsp3) is 0.0909. The standard InChI is InChI=1S/C11H11N3S2/c1-15-10-6-11(14-7-13-10)16-9-5-3-2-4-8(9)12/h2-7H,12H2,1H3. The molecule has 0 aliphatic rings. The highest BCUT2D eigenvalue weighted by molar-refractivity contribution is 7.99. The maximum Gasteiger partial charge on any atom is 0.118 e. The molecular formula is C11H11N3S2. The Morgan fingerprint density at radius 2 is 1.88 bits per heavy atom. The number of thioether (sulfide) groups is 1. The molecular weight excluding hydrogens is 238 g/mol. The molecule has 0 spiro atoms. The van der Waals surface area contributed by atoms with Crippen molar-refractivity contribution in [3.63, 3.8) is 0 Å². The van der Waals surface area contributed by atoms with E-state index in [2.05, 4.69) is 9.97 Å². The number of hydrogen-bond donors (Lipinski definition) is 1. The number of anilines is 1. The molecule has 5 heteroatoms. The molecule has 0 atom stereocenters. The van der Waals surface area contributed by atoms with Gasteiger partial charge in [-0.25, -0.2) is 9.97 Å². The fourth-order valence-corrected chi connectivity index (χ4v) is 2.46. The summed E-state index contributed by atoms with van der Waals surface area (Å²) in [5, 5.41) is 1.88. The van der Waals surface area contributed by atoms with Crippen molar-refractivity contribution in [2.75, 3.05) is 12.0 Å². The first kappa shape index (κ1) is 11.3. The van der Waals surface area contributed by atoms with Crippen LogP contribution in [0.2, 0.25) is 0 Å². The van der Waals surface area contributed by atoms with Crippen LogP contribution < -0.4 is 5.73 Å². The molecule has 0 radical (unpaired) electrons. The summed E-state index contributed by atoms with van der Waals surface area (Å²) in [6.07, 6.45) is 3.57. The smallest absolute Gasteiger partial charge is 0.118 e. The van der Waals surface area contributed by atoms with E-state index >= 15 is 0 Å². The van der Waals surface area contributed by atoms with Crippen LogP contribution >= 0.6 is 23.5 Å². The third kappa shape index (κ3) is 2.68. The van der Waals surface area contributed by atoms with Gasteiger partial charge >= 0.3 is 0 Å². The predicted molar refractivity (Wildman–Crippen MR) is 68.8 cm³/mol. The number of benzene rings is 1. The molecule has 1 heterocycles. The van der Waals surface area contributed by atoms with E-state index in [9.17, 15) is 0 Å². The predicted octanol–water partition coefficient (Wildman–Crippen LogP) is 2.93. The lowest BCUT2D eigenvalue weighted by Crippen LogP contribution is -1.89. The van der Waals surface area contributed by atoms with Gasteiger partial charge in [-0.05, 0) is 18.4 Å². The number of aromatic nitrogens is 2. The number of rotatable bonds is 3. The Morgan fingerprint density at radius 3 is 2.62 bits per heavy atom. The summed E-state index contributed by atoms with van der Waals surface area (Å²) in [5.41, 5.74) is 6.64. The summed E-state index contributed by atoms with van der Waals surface area (Å²) in [7, 11) is 0. The highest BCUT2D eigenvalue weighted by atomic mass is 32.2. The molecule has 0 aliphatic carbocycles. The van der Waals surface area contributed by atoms with Crippen molar-refractivity contribution in [2.24, 2.45) is 0 Å². The normalized spacial score (nSPS) is 10.3. The molecule has 3 nitrogen and oxygen atoms in total. The molecule has 0 fully saturated rings. The fourth-order valence-electron chi connectivity index (χ4n) is 1.18. The zero-order chi connectivity index (χ0) is 11.4. The zero-order valence-electron chi connectivity index (χ0n) is 8.75. The van der Waals surface area contributed by atoms with Gasteiger partial charge in [-0.3, -0.25) is 0 Å². The van der Waals surface area contributed by atoms with Crippen molar-refractivity contribution in [1.82, 2.24) is 9.97 Å². The third-order valence-corrected chi connectivity index (χ3v) is 3.63. The molecule has 2 aromatic rings. The van der Waals surface area contributed by atoms with Crippen molar-refractivity contribution >= 4 is 29.2 Å². The van der Waals surface area contributed by atoms with Crippen LogP contribution in [0.1, 0.15) is 0 Å². The molecule has 82 valence electrons. The van der Waals surface area contributed by atoms with Gasteiger partial charge in [-0.2, -0.15) is 0 Å². The van der Waals surface area contributed by atoms with Crippen molar-refractivity contribution in [2.45, 2.75) is 14.9 Å². The van der Waals surface area contributed by atoms with E-state index in [1.807, 2.05) is 36.6 Å². The van der Waals surface area contributed by atoms with E-state index in [0.29, 0.717) is 0 Å². The minimum atomic E-state index is 0.775. The highest BCUT2D eigenvalue weighted by Crippen LogP contribution is 2.31. The minimum absolute atomic E-state index is 0.775. The van der Waals surface area contributed by atoms with Gasteiger partial charge in [0.05, 0.1) is 0 Å². The van der Waals surface area contributed by atoms with Crippen LogP contribution in [0.5, 0.6) is 0 Å². The van der Waals surface area contributed by atoms with Crippen LogP contribution in [0.4, 0.5) is 5.69 Å². The number of hydrogen-bond acceptors (Lipinski definition) is 5. The van der Waals surface area contributed by atoms with Gasteiger partial charge in [0.1, 0.15) is 16.4 Å². The van der Waals surface area contributed by atoms with E-state index in [0.717, 1.165) is 20.6 Å². The Hall–Kier alpha value is -1.20. The average Bonchev–Trinajstić information content (AvgIpc) is 2.32. The Balaban J connectivity index is 2.24. The zero-order valence-corrected chi connectivity index (χ0v) is 10.4. The monoisotopic (exact) mass is 249 g/mol. The van der Waals surface area contributed by atoms with Crippen LogP contribution in [-0.4, -0.2) is 16.2 Å². The molecule has 0 bridgehead atoms. The maximum absolute atomic E-state index is 5.87. The summed E-state index contributed by atoms with van der Waals surface area (Å²) in [4.78, 5) is 9.36. The summed E-state index contributed by atoms with van der Waals surface area (Å²) < 4.78 is 0. The van der Waals surface area contributed by atoms with E-state index in [1.54, 1.807) is 29.9 Å². The first-order valence-electron chi connectivity index (χ1n) is 4.68. The second-order valence-corrected chi connectivity index (χ2v) is 4.93. The lowest BCUT2D eigenvalue weighted by Gasteiger charge is -2.04. The molecule has 1 aromatic carbocycles. The van der Waals surface area contributed by atoms with Gasteiger partial charge < -0.3 is 5.73 Å². The van der Waals surface area contributed by atoms with Gasteiger partial charge in [0.15, 0.2) is 0 Å². The van der Waals surface area contributed by atoms with Gasteiger partial charge in [-0.15, -0.1) is 11.8 Å². The molecule has 0 aliphatic heterocycles. The van der Waals surface area contributed by atoms with Crippen LogP contribution in [0.15, 0.2) is 51.6 Å². The Bertz CT molecular complexity index is 488. The largest absolute Gasteiger partial charge is 0.398 e. The topological polar surface area (TPSA) is 51.8 Å². The first-order chi connectivity index (χ1) is 7.79. The lowest BCUT2D eigenvalue weighted by atomic mass is 10.3. The Kier molecular flexibility index (Phi) is 3.69. The van der Waals surface area contributed by atoms with E-state index in [1.165, 1.54) is 0 Å². The summed E-state index contributed by atoms with van der Waals surface area (Å²) in [5.74, 6) is 0. The molecule has 0 amide bonds. The number of nitrogens with two attached hydrogens (primary N) is 1. The van der Waals surface area contributed by atoms with Gasteiger partial charge in [0, 0.05) is 16.6 Å². The molecule has 0 saturated heterocycles. The number of nitrogens with zero attached hydrogens (tertiary/aromatic N) is 2. The number of para-hydroxylation sites is 1. The third-order valence-electron chi connectivity index (χ3n) is 1.96. The number of nitrogen functional groups attached to an aromatic ring is 1. The van der Waals surface area contributed by atoms with Crippen LogP contribution in [0.25, 0.3) is 0 Å². The van der Waals surface area contributed by atoms with E-state index in [4.69, 9.17) is 5.73 Å². The summed E-state index contributed by atoms with van der Waals surface area (Å²) in [6, 6.07) is 9.73. The van der Waals surface area contributed by atoms with Crippen molar-refractivity contribution < 1.29 is 0 Å². The molecule has 2 N–H and O–H groups in total. The van der Waals surface area contributed by atoms with E-state index in [-0.39, 0.29) is 0 Å². The summed E-state index contributed by atoms with van der Waals surface area (Å²) >= 11 is 3.16. The van der Waals surface area contributed by atoms with E-state index < -0.39 is 0 Å². The maximum atomic E-state index is 5.87.